The molecule has 1 aliphatic rings. The number of thiophene rings is 1. The Balaban J connectivity index is 1.80. The van der Waals surface area contributed by atoms with Crippen molar-refractivity contribution in [2.45, 2.75) is 58.3 Å². The summed E-state index contributed by atoms with van der Waals surface area (Å²) in [5, 5.41) is 5.21. The molecule has 4 rings (SSSR count). The van der Waals surface area contributed by atoms with Gasteiger partial charge in [0.1, 0.15) is 16.5 Å². The Kier molecular flexibility index (Phi) is 5.67. The smallest absolute Gasteiger partial charge is 0.267 e. The van der Waals surface area contributed by atoms with Gasteiger partial charge in [-0.1, -0.05) is 31.9 Å². The third-order valence-electron chi connectivity index (χ3n) is 5.23. The molecule has 2 heterocycles. The molecule has 0 aliphatic heterocycles. The first-order chi connectivity index (χ1) is 13.7. The van der Waals surface area contributed by atoms with Gasteiger partial charge in [0.2, 0.25) is 0 Å². The molecule has 0 fully saturated rings. The Labute approximate surface area is 167 Å². The SMILES string of the molecule is CCCCCc1nc2sc3c(c2c(=O)n1/N=C\c1ccc(F)cc1)CCCC3. The molecule has 146 valence electrons. The normalized spacial score (nSPS) is 14.1. The second-order valence-corrected chi connectivity index (χ2v) is 8.37. The quantitative estimate of drug-likeness (QED) is 0.430. The third kappa shape index (κ3) is 3.78. The minimum atomic E-state index is -0.289. The number of fused-ring (bicyclic) bond motifs is 3. The molecule has 0 unspecified atom stereocenters. The van der Waals surface area contributed by atoms with Crippen molar-refractivity contribution in [1.82, 2.24) is 9.66 Å². The first-order valence-corrected chi connectivity index (χ1v) is 10.8. The van der Waals surface area contributed by atoms with Crippen molar-refractivity contribution in [2.75, 3.05) is 0 Å². The van der Waals surface area contributed by atoms with E-state index < -0.39 is 0 Å². The van der Waals surface area contributed by atoms with Crippen molar-refractivity contribution in [3.8, 4) is 0 Å². The zero-order valence-corrected chi connectivity index (χ0v) is 16.9. The van der Waals surface area contributed by atoms with E-state index in [2.05, 4.69) is 12.0 Å². The van der Waals surface area contributed by atoms with Crippen molar-refractivity contribution < 1.29 is 4.39 Å². The van der Waals surface area contributed by atoms with Crippen LogP contribution in [0, 0.1) is 5.82 Å². The minimum Gasteiger partial charge on any atom is -0.267 e. The van der Waals surface area contributed by atoms with E-state index >= 15 is 0 Å². The summed E-state index contributed by atoms with van der Waals surface area (Å²) in [5.74, 6) is 0.422. The van der Waals surface area contributed by atoms with E-state index in [4.69, 9.17) is 4.98 Å². The predicted octanol–water partition coefficient (Wildman–Crippen LogP) is 5.09. The molecule has 0 radical (unpaired) electrons. The number of rotatable bonds is 6. The average Bonchev–Trinajstić information content (AvgIpc) is 3.07. The molecule has 1 aliphatic carbocycles. The number of benzene rings is 1. The molecule has 0 bridgehead atoms. The summed E-state index contributed by atoms with van der Waals surface area (Å²) < 4.78 is 14.6. The van der Waals surface area contributed by atoms with Crippen molar-refractivity contribution in [2.24, 2.45) is 5.10 Å². The maximum atomic E-state index is 13.3. The maximum Gasteiger partial charge on any atom is 0.283 e. The fourth-order valence-electron chi connectivity index (χ4n) is 3.73. The molecule has 4 nitrogen and oxygen atoms in total. The molecule has 28 heavy (non-hydrogen) atoms. The molecule has 0 saturated heterocycles. The van der Waals surface area contributed by atoms with Gasteiger partial charge in [0.05, 0.1) is 11.6 Å². The highest BCUT2D eigenvalue weighted by Gasteiger charge is 2.21. The Morgan fingerprint density at radius 3 is 2.79 bits per heavy atom. The number of halogens is 1. The topological polar surface area (TPSA) is 47.2 Å². The number of unbranched alkanes of at least 4 members (excludes halogenated alkanes) is 2. The first kappa shape index (κ1) is 19.0. The Morgan fingerprint density at radius 2 is 2.00 bits per heavy atom. The zero-order chi connectivity index (χ0) is 19.5. The average molecular weight is 398 g/mol. The molecule has 6 heteroatoms. The fourth-order valence-corrected chi connectivity index (χ4v) is 5.00. The van der Waals surface area contributed by atoms with Gasteiger partial charge in [-0.2, -0.15) is 9.78 Å². The molecular weight excluding hydrogens is 373 g/mol. The first-order valence-electron chi connectivity index (χ1n) is 10.0. The van der Waals surface area contributed by atoms with Gasteiger partial charge in [-0.15, -0.1) is 11.3 Å². The predicted molar refractivity (Wildman–Crippen MR) is 113 cm³/mol. The molecule has 3 aromatic rings. The van der Waals surface area contributed by atoms with Gasteiger partial charge in [0.15, 0.2) is 0 Å². The van der Waals surface area contributed by atoms with Crippen LogP contribution in [0.5, 0.6) is 0 Å². The number of nitrogens with zero attached hydrogens (tertiary/aromatic N) is 3. The number of hydrogen-bond acceptors (Lipinski definition) is 4. The number of hydrogen-bond donors (Lipinski definition) is 0. The summed E-state index contributed by atoms with van der Waals surface area (Å²) in [7, 11) is 0. The second-order valence-electron chi connectivity index (χ2n) is 7.29. The van der Waals surface area contributed by atoms with Gasteiger partial charge in [-0.05, 0) is 55.4 Å². The highest BCUT2D eigenvalue weighted by atomic mass is 32.1. The summed E-state index contributed by atoms with van der Waals surface area (Å²) in [5.41, 5.74) is 1.85. The van der Waals surface area contributed by atoms with Crippen LogP contribution in [0.15, 0.2) is 34.2 Å². The van der Waals surface area contributed by atoms with Crippen molar-refractivity contribution in [1.29, 1.82) is 0 Å². The van der Waals surface area contributed by atoms with Crippen molar-refractivity contribution in [3.05, 3.63) is 62.3 Å². The van der Waals surface area contributed by atoms with Crippen LogP contribution in [0.4, 0.5) is 4.39 Å². The van der Waals surface area contributed by atoms with Gasteiger partial charge in [-0.3, -0.25) is 4.79 Å². The Hall–Kier alpha value is -2.34. The van der Waals surface area contributed by atoms with E-state index in [0.717, 1.165) is 60.7 Å². The molecule has 0 saturated carbocycles. The third-order valence-corrected chi connectivity index (χ3v) is 6.42. The molecule has 2 aromatic heterocycles. The summed E-state index contributed by atoms with van der Waals surface area (Å²) >= 11 is 1.67. The standard InChI is InChI=1S/C22H24FN3OS/c1-2-3-4-9-19-25-21-20(17-7-5-6-8-18(17)28-21)22(27)26(19)24-14-15-10-12-16(23)13-11-15/h10-14H,2-9H2,1H3/b24-14-. The number of aryl methyl sites for hydroxylation is 3. The second kappa shape index (κ2) is 8.35. The fraction of sp³-hybridized carbons (Fsp3) is 0.409. The highest BCUT2D eigenvalue weighted by molar-refractivity contribution is 7.18. The monoisotopic (exact) mass is 397 g/mol. The van der Waals surface area contributed by atoms with Gasteiger partial charge in [-0.25, -0.2) is 9.37 Å². The van der Waals surface area contributed by atoms with Crippen LogP contribution < -0.4 is 5.56 Å². The van der Waals surface area contributed by atoms with Crippen LogP contribution in [0.25, 0.3) is 10.2 Å². The largest absolute Gasteiger partial charge is 0.283 e. The summed E-state index contributed by atoms with van der Waals surface area (Å²) in [4.78, 5) is 20.4. The lowest BCUT2D eigenvalue weighted by Crippen LogP contribution is -2.23. The lowest BCUT2D eigenvalue weighted by atomic mass is 9.97. The summed E-state index contributed by atoms with van der Waals surface area (Å²) in [6.45, 7) is 2.16. The molecule has 0 spiro atoms. The molecule has 0 atom stereocenters. The van der Waals surface area contributed by atoms with Crippen molar-refractivity contribution >= 4 is 27.8 Å². The molecule has 0 amide bonds. The van der Waals surface area contributed by atoms with Gasteiger partial charge in [0.25, 0.3) is 5.56 Å². The van der Waals surface area contributed by atoms with Gasteiger partial charge < -0.3 is 0 Å². The van der Waals surface area contributed by atoms with Crippen LogP contribution in [-0.2, 0) is 19.3 Å². The van der Waals surface area contributed by atoms with Crippen LogP contribution in [0.3, 0.4) is 0 Å². The minimum absolute atomic E-state index is 0.0748. The highest BCUT2D eigenvalue weighted by Crippen LogP contribution is 2.33. The Morgan fingerprint density at radius 1 is 1.21 bits per heavy atom. The van der Waals surface area contributed by atoms with E-state index in [1.54, 1.807) is 29.7 Å². The maximum absolute atomic E-state index is 13.3. The summed E-state index contributed by atoms with van der Waals surface area (Å²) in [6.07, 6.45) is 9.80. The van der Waals surface area contributed by atoms with E-state index in [0.29, 0.717) is 5.82 Å². The van der Waals surface area contributed by atoms with Crippen LogP contribution in [0.1, 0.15) is 60.9 Å². The van der Waals surface area contributed by atoms with Crippen LogP contribution in [0.2, 0.25) is 0 Å². The van der Waals surface area contributed by atoms with Crippen LogP contribution in [-0.4, -0.2) is 15.9 Å². The van der Waals surface area contributed by atoms with E-state index in [-0.39, 0.29) is 11.4 Å². The van der Waals surface area contributed by atoms with Crippen LogP contribution >= 0.6 is 11.3 Å². The van der Waals surface area contributed by atoms with Crippen molar-refractivity contribution in [3.63, 3.8) is 0 Å². The van der Waals surface area contributed by atoms with E-state index in [9.17, 15) is 9.18 Å². The Bertz CT molecular complexity index is 1070. The number of aromatic nitrogens is 2. The van der Waals surface area contributed by atoms with Gasteiger partial charge in [0, 0.05) is 11.3 Å². The lowest BCUT2D eigenvalue weighted by Gasteiger charge is -2.11. The summed E-state index contributed by atoms with van der Waals surface area (Å²) in [6, 6.07) is 6.09. The lowest BCUT2D eigenvalue weighted by molar-refractivity contribution is 0.627. The zero-order valence-electron chi connectivity index (χ0n) is 16.1. The molecule has 0 N–H and O–H groups in total. The molecule has 1 aromatic carbocycles. The molecular formula is C22H24FN3OS. The van der Waals surface area contributed by atoms with E-state index in [1.807, 2.05) is 0 Å². The van der Waals surface area contributed by atoms with E-state index in [1.165, 1.54) is 33.7 Å². The van der Waals surface area contributed by atoms with Gasteiger partial charge >= 0.3 is 0 Å².